The lowest BCUT2D eigenvalue weighted by Crippen LogP contribution is -2.39. The number of hydrogen-bond acceptors (Lipinski definition) is 4. The zero-order valence-corrected chi connectivity index (χ0v) is 16.0. The number of aromatic nitrogens is 1. The van der Waals surface area contributed by atoms with Crippen molar-refractivity contribution in [2.24, 2.45) is 0 Å². The number of rotatable bonds is 3. The Balaban J connectivity index is 1.54. The van der Waals surface area contributed by atoms with E-state index in [1.165, 1.54) is 4.70 Å². The van der Waals surface area contributed by atoms with Gasteiger partial charge in [0.25, 0.3) is 5.91 Å². The van der Waals surface area contributed by atoms with Crippen LogP contribution in [0.2, 0.25) is 0 Å². The quantitative estimate of drug-likeness (QED) is 0.691. The Morgan fingerprint density at radius 2 is 2.04 bits per heavy atom. The van der Waals surface area contributed by atoms with Gasteiger partial charge in [-0.3, -0.25) is 4.79 Å². The molecule has 4 nitrogen and oxygen atoms in total. The number of anilines is 1. The van der Waals surface area contributed by atoms with Crippen LogP contribution in [0.3, 0.4) is 0 Å². The Kier molecular flexibility index (Phi) is 4.64. The zero-order valence-electron chi connectivity index (χ0n) is 15.2. The summed E-state index contributed by atoms with van der Waals surface area (Å²) in [6.07, 6.45) is 2.13. The molecular formula is C21H23N3OS. The van der Waals surface area contributed by atoms with Crippen molar-refractivity contribution in [3.8, 4) is 0 Å². The highest BCUT2D eigenvalue weighted by molar-refractivity contribution is 7.18. The van der Waals surface area contributed by atoms with Crippen molar-refractivity contribution in [1.29, 1.82) is 0 Å². The molecule has 134 valence electrons. The minimum atomic E-state index is 0.125. The first kappa shape index (κ1) is 17.0. The van der Waals surface area contributed by atoms with E-state index in [2.05, 4.69) is 18.2 Å². The third-order valence-electron chi connectivity index (χ3n) is 4.98. The van der Waals surface area contributed by atoms with Crippen molar-refractivity contribution in [2.75, 3.05) is 32.1 Å². The standard InChI is InChI=1S/C21H23N3OS/c1-23(2)17-9-5-7-15(13-17)21(25)24-12-6-8-16(14-24)20-22-18-10-3-4-11-19(18)26-20/h3-5,7,9-11,13,16H,6,8,12,14H2,1-2H3/t16-/m0/s1. The fourth-order valence-corrected chi connectivity index (χ4v) is 4.62. The number of para-hydroxylation sites is 1. The average molecular weight is 366 g/mol. The number of amides is 1. The smallest absolute Gasteiger partial charge is 0.253 e. The van der Waals surface area contributed by atoms with Crippen LogP contribution in [-0.4, -0.2) is 43.0 Å². The fourth-order valence-electron chi connectivity index (χ4n) is 3.53. The Hall–Kier alpha value is -2.40. The van der Waals surface area contributed by atoms with Crippen LogP contribution >= 0.6 is 11.3 Å². The van der Waals surface area contributed by atoms with Gasteiger partial charge < -0.3 is 9.80 Å². The maximum atomic E-state index is 13.0. The van der Waals surface area contributed by atoms with Crippen molar-refractivity contribution in [2.45, 2.75) is 18.8 Å². The van der Waals surface area contributed by atoms with E-state index in [-0.39, 0.29) is 5.91 Å². The molecule has 0 N–H and O–H groups in total. The van der Waals surface area contributed by atoms with Crippen LogP contribution in [0.1, 0.15) is 34.1 Å². The lowest BCUT2D eigenvalue weighted by atomic mass is 9.98. The molecule has 1 atom stereocenters. The first-order chi connectivity index (χ1) is 12.6. The fraction of sp³-hybridized carbons (Fsp3) is 0.333. The third kappa shape index (κ3) is 3.31. The van der Waals surface area contributed by atoms with Crippen molar-refractivity contribution in [3.05, 3.63) is 59.1 Å². The van der Waals surface area contributed by atoms with Gasteiger partial charge >= 0.3 is 0 Å². The number of nitrogens with zero attached hydrogens (tertiary/aromatic N) is 3. The maximum Gasteiger partial charge on any atom is 0.253 e. The second kappa shape index (κ2) is 7.08. The Bertz CT molecular complexity index is 901. The van der Waals surface area contributed by atoms with E-state index < -0.39 is 0 Å². The van der Waals surface area contributed by atoms with Crippen molar-refractivity contribution >= 4 is 33.1 Å². The highest BCUT2D eigenvalue weighted by Gasteiger charge is 2.27. The Labute approximate surface area is 158 Å². The molecule has 5 heteroatoms. The number of carbonyl (C=O) groups excluding carboxylic acids is 1. The molecule has 4 rings (SSSR count). The van der Waals surface area contributed by atoms with E-state index in [0.717, 1.165) is 47.7 Å². The van der Waals surface area contributed by atoms with Crippen LogP contribution in [-0.2, 0) is 0 Å². The minimum absolute atomic E-state index is 0.125. The molecule has 1 aliphatic rings. The van der Waals surface area contributed by atoms with Gasteiger partial charge in [0.2, 0.25) is 0 Å². The van der Waals surface area contributed by atoms with Crippen LogP contribution < -0.4 is 4.90 Å². The normalized spacial score (nSPS) is 17.5. The largest absolute Gasteiger partial charge is 0.378 e. The molecule has 0 radical (unpaired) electrons. The average Bonchev–Trinajstić information content (AvgIpc) is 3.12. The predicted octanol–water partition coefficient (Wildman–Crippen LogP) is 4.38. The number of thiazole rings is 1. The molecule has 0 saturated carbocycles. The molecule has 1 aromatic heterocycles. The van der Waals surface area contributed by atoms with Gasteiger partial charge in [0.15, 0.2) is 0 Å². The summed E-state index contributed by atoms with van der Waals surface area (Å²) in [5, 5.41) is 1.16. The summed E-state index contributed by atoms with van der Waals surface area (Å²) >= 11 is 1.76. The van der Waals surface area contributed by atoms with Gasteiger partial charge in [0.1, 0.15) is 0 Å². The van der Waals surface area contributed by atoms with Crippen LogP contribution in [0.5, 0.6) is 0 Å². The minimum Gasteiger partial charge on any atom is -0.378 e. The number of carbonyl (C=O) groups is 1. The third-order valence-corrected chi connectivity index (χ3v) is 6.18. The number of hydrogen-bond donors (Lipinski definition) is 0. The molecule has 1 fully saturated rings. The van der Waals surface area contributed by atoms with Gasteiger partial charge in [0.05, 0.1) is 15.2 Å². The maximum absolute atomic E-state index is 13.0. The summed E-state index contributed by atoms with van der Waals surface area (Å²) in [4.78, 5) is 21.8. The summed E-state index contributed by atoms with van der Waals surface area (Å²) in [6, 6.07) is 16.1. The van der Waals surface area contributed by atoms with Crippen LogP contribution in [0.15, 0.2) is 48.5 Å². The SMILES string of the molecule is CN(C)c1cccc(C(=O)N2CCC[C@H](c3nc4ccccc4s3)C2)c1. The van der Waals surface area contributed by atoms with Gasteiger partial charge in [-0.05, 0) is 43.2 Å². The van der Waals surface area contributed by atoms with Crippen molar-refractivity contribution in [1.82, 2.24) is 9.88 Å². The molecular weight excluding hydrogens is 342 g/mol. The van der Waals surface area contributed by atoms with E-state index in [1.807, 2.05) is 54.2 Å². The molecule has 26 heavy (non-hydrogen) atoms. The van der Waals surface area contributed by atoms with E-state index in [1.54, 1.807) is 11.3 Å². The Morgan fingerprint density at radius 1 is 1.19 bits per heavy atom. The monoisotopic (exact) mass is 365 g/mol. The summed E-state index contributed by atoms with van der Waals surface area (Å²) < 4.78 is 1.23. The molecule has 1 saturated heterocycles. The van der Waals surface area contributed by atoms with Gasteiger partial charge in [0, 0.05) is 44.4 Å². The summed E-state index contributed by atoms with van der Waals surface area (Å²) in [7, 11) is 3.99. The lowest BCUT2D eigenvalue weighted by molar-refractivity contribution is 0.0707. The van der Waals surface area contributed by atoms with Gasteiger partial charge in [-0.1, -0.05) is 18.2 Å². The van der Waals surface area contributed by atoms with Crippen LogP contribution in [0.25, 0.3) is 10.2 Å². The molecule has 3 aromatic rings. The molecule has 0 aliphatic carbocycles. The van der Waals surface area contributed by atoms with E-state index in [9.17, 15) is 4.79 Å². The molecule has 2 heterocycles. The van der Waals surface area contributed by atoms with Crippen LogP contribution in [0, 0.1) is 0 Å². The highest BCUT2D eigenvalue weighted by atomic mass is 32.1. The zero-order chi connectivity index (χ0) is 18.1. The molecule has 2 aromatic carbocycles. The lowest BCUT2D eigenvalue weighted by Gasteiger charge is -2.32. The van der Waals surface area contributed by atoms with Crippen molar-refractivity contribution in [3.63, 3.8) is 0 Å². The molecule has 0 unspecified atom stereocenters. The number of piperidine rings is 1. The number of benzene rings is 2. The Morgan fingerprint density at radius 3 is 2.85 bits per heavy atom. The molecule has 1 aliphatic heterocycles. The van der Waals surface area contributed by atoms with Crippen molar-refractivity contribution < 1.29 is 4.79 Å². The van der Waals surface area contributed by atoms with E-state index in [4.69, 9.17) is 4.98 Å². The molecule has 0 spiro atoms. The second-order valence-electron chi connectivity index (χ2n) is 7.05. The summed E-state index contributed by atoms with van der Waals surface area (Å²) in [6.45, 7) is 1.58. The molecule has 1 amide bonds. The predicted molar refractivity (Wildman–Crippen MR) is 108 cm³/mol. The van der Waals surface area contributed by atoms with Gasteiger partial charge in [-0.15, -0.1) is 11.3 Å². The molecule has 0 bridgehead atoms. The first-order valence-electron chi connectivity index (χ1n) is 9.04. The first-order valence-corrected chi connectivity index (χ1v) is 9.85. The van der Waals surface area contributed by atoms with E-state index in [0.29, 0.717) is 5.92 Å². The van der Waals surface area contributed by atoms with E-state index >= 15 is 0 Å². The summed E-state index contributed by atoms with van der Waals surface area (Å²) in [5.41, 5.74) is 2.88. The van der Waals surface area contributed by atoms with Crippen LogP contribution in [0.4, 0.5) is 5.69 Å². The summed E-state index contributed by atoms with van der Waals surface area (Å²) in [5.74, 6) is 0.460. The highest BCUT2D eigenvalue weighted by Crippen LogP contribution is 2.33. The number of likely N-dealkylation sites (tertiary alicyclic amines) is 1. The van der Waals surface area contributed by atoms with Gasteiger partial charge in [-0.25, -0.2) is 4.98 Å². The topological polar surface area (TPSA) is 36.4 Å². The second-order valence-corrected chi connectivity index (χ2v) is 8.12. The number of fused-ring (bicyclic) bond motifs is 1. The van der Waals surface area contributed by atoms with Gasteiger partial charge in [-0.2, -0.15) is 0 Å².